The van der Waals surface area contributed by atoms with E-state index in [-0.39, 0.29) is 0 Å². The number of hydrogen-bond acceptors (Lipinski definition) is 0. The van der Waals surface area contributed by atoms with Gasteiger partial charge in [0.1, 0.15) is 0 Å². The summed E-state index contributed by atoms with van der Waals surface area (Å²) in [5.74, 6) is 0. The molecule has 3 rings (SSSR count). The summed E-state index contributed by atoms with van der Waals surface area (Å²) >= 11 is 3.07. The fraction of sp³-hybridized carbons (Fsp3) is 0.0667. The molecule has 0 radical (unpaired) electrons. The summed E-state index contributed by atoms with van der Waals surface area (Å²) in [6.45, 7) is 0. The van der Waals surface area contributed by atoms with Crippen LogP contribution >= 0.6 is 22.6 Å². The molecule has 0 nitrogen and oxygen atoms in total. The van der Waals surface area contributed by atoms with E-state index in [9.17, 15) is 0 Å². The Bertz CT molecular complexity index is 572. The number of hydrogen-bond donors (Lipinski definition) is 0. The van der Waals surface area contributed by atoms with Crippen LogP contribution in [0.15, 0.2) is 54.6 Å². The molecule has 0 unspecified atom stereocenters. The van der Waals surface area contributed by atoms with Gasteiger partial charge in [0.25, 0.3) is 0 Å². The quantitative estimate of drug-likeness (QED) is 0.501. The van der Waals surface area contributed by atoms with Gasteiger partial charge in [-0.2, -0.15) is 0 Å². The van der Waals surface area contributed by atoms with E-state index in [0.29, 0.717) is 15.0 Å². The Labute approximate surface area is 121 Å². The zero-order chi connectivity index (χ0) is 11.7. The summed E-state index contributed by atoms with van der Waals surface area (Å²) in [6.07, 6.45) is 0. The minimum atomic E-state index is 0.562. The molecule has 2 aromatic rings. The molecule has 1 aliphatic heterocycles. The van der Waals surface area contributed by atoms with Gasteiger partial charge in [0.15, 0.2) is 0 Å². The van der Waals surface area contributed by atoms with Crippen molar-refractivity contribution in [2.24, 2.45) is 0 Å². The monoisotopic (exact) mass is 398 g/mol. The molecule has 0 spiro atoms. The number of halogens is 1. The molecule has 0 saturated carbocycles. The zero-order valence-electron chi connectivity index (χ0n) is 9.19. The van der Waals surface area contributed by atoms with Crippen molar-refractivity contribution in [3.8, 4) is 0 Å². The van der Waals surface area contributed by atoms with Crippen molar-refractivity contribution in [1.82, 2.24) is 0 Å². The van der Waals surface area contributed by atoms with Gasteiger partial charge in [0.2, 0.25) is 0 Å². The van der Waals surface area contributed by atoms with Crippen molar-refractivity contribution in [3.63, 3.8) is 0 Å². The van der Waals surface area contributed by atoms with Crippen molar-refractivity contribution in [1.29, 1.82) is 0 Å². The third-order valence-corrected chi connectivity index (χ3v) is 7.29. The van der Waals surface area contributed by atoms with E-state index in [2.05, 4.69) is 77.2 Å². The van der Waals surface area contributed by atoms with Crippen LogP contribution in [0, 0.1) is 0 Å². The SMILES string of the molecule is IC1=C(c2ccccc2)[Se]Cc2ccccc21. The van der Waals surface area contributed by atoms with Crippen LogP contribution in [0.1, 0.15) is 16.7 Å². The summed E-state index contributed by atoms with van der Waals surface area (Å²) in [4.78, 5) is 0. The summed E-state index contributed by atoms with van der Waals surface area (Å²) in [5, 5.41) is 1.22. The third kappa shape index (κ3) is 2.22. The topological polar surface area (TPSA) is 0 Å². The molecular formula is C15H11ISe. The van der Waals surface area contributed by atoms with E-state index in [1.165, 1.54) is 25.6 Å². The number of rotatable bonds is 1. The number of fused-ring (bicyclic) bond motifs is 1. The Kier molecular flexibility index (Phi) is 3.37. The predicted octanol–water partition coefficient (Wildman–Crippen LogP) is 4.17. The average Bonchev–Trinajstić information content (AvgIpc) is 2.40. The second-order valence-corrected chi connectivity index (χ2v) is 7.10. The standard InChI is InChI=1S/C15H11ISe/c16-14-13-9-5-4-8-12(13)10-17-15(14)11-6-2-1-3-7-11/h1-9H,10H2. The fourth-order valence-corrected chi connectivity index (χ4v) is 5.93. The first-order valence-electron chi connectivity index (χ1n) is 5.52. The average molecular weight is 397 g/mol. The molecule has 1 heterocycles. The molecule has 0 bridgehead atoms. The van der Waals surface area contributed by atoms with Crippen molar-refractivity contribution >= 4 is 45.6 Å². The molecule has 84 valence electrons. The van der Waals surface area contributed by atoms with Gasteiger partial charge in [0.05, 0.1) is 0 Å². The molecule has 1 aliphatic rings. The normalized spacial score (nSPS) is 14.6. The Morgan fingerprint density at radius 3 is 2.41 bits per heavy atom. The summed E-state index contributed by atoms with van der Waals surface area (Å²) in [5.41, 5.74) is 4.34. The molecule has 0 saturated heterocycles. The fourth-order valence-electron chi connectivity index (χ4n) is 2.00. The van der Waals surface area contributed by atoms with Crippen molar-refractivity contribution in [3.05, 3.63) is 71.3 Å². The molecule has 2 heteroatoms. The van der Waals surface area contributed by atoms with Gasteiger partial charge in [-0.15, -0.1) is 0 Å². The molecular weight excluding hydrogens is 386 g/mol. The van der Waals surface area contributed by atoms with Crippen LogP contribution in [0.5, 0.6) is 0 Å². The van der Waals surface area contributed by atoms with Gasteiger partial charge < -0.3 is 0 Å². The molecule has 17 heavy (non-hydrogen) atoms. The molecule has 0 atom stereocenters. The second kappa shape index (κ2) is 4.97. The van der Waals surface area contributed by atoms with Crippen molar-refractivity contribution in [2.75, 3.05) is 0 Å². The van der Waals surface area contributed by atoms with Crippen LogP contribution < -0.4 is 0 Å². The molecule has 0 aliphatic carbocycles. The van der Waals surface area contributed by atoms with E-state index < -0.39 is 0 Å². The van der Waals surface area contributed by atoms with Gasteiger partial charge in [-0.3, -0.25) is 0 Å². The molecule has 0 amide bonds. The van der Waals surface area contributed by atoms with E-state index >= 15 is 0 Å². The molecule has 0 aromatic heterocycles. The van der Waals surface area contributed by atoms with E-state index in [0.717, 1.165) is 0 Å². The number of benzene rings is 2. The van der Waals surface area contributed by atoms with Crippen molar-refractivity contribution in [2.45, 2.75) is 5.32 Å². The maximum absolute atomic E-state index is 2.51. The van der Waals surface area contributed by atoms with Crippen LogP contribution in [-0.2, 0) is 5.32 Å². The first-order valence-corrected chi connectivity index (χ1v) is 8.67. The molecule has 0 N–H and O–H groups in total. The maximum atomic E-state index is 2.51. The van der Waals surface area contributed by atoms with Crippen LogP contribution in [0.3, 0.4) is 0 Å². The van der Waals surface area contributed by atoms with Crippen LogP contribution in [0.2, 0.25) is 0 Å². The Balaban J connectivity index is 2.14. The zero-order valence-corrected chi connectivity index (χ0v) is 13.1. The predicted molar refractivity (Wildman–Crippen MR) is 83.2 cm³/mol. The van der Waals surface area contributed by atoms with Crippen LogP contribution in [0.4, 0.5) is 0 Å². The van der Waals surface area contributed by atoms with Gasteiger partial charge in [-0.25, -0.2) is 0 Å². The third-order valence-electron chi connectivity index (χ3n) is 2.86. The second-order valence-electron chi connectivity index (χ2n) is 3.95. The summed E-state index contributed by atoms with van der Waals surface area (Å²) in [6, 6.07) is 19.6. The Morgan fingerprint density at radius 2 is 1.59 bits per heavy atom. The minimum absolute atomic E-state index is 0.562. The van der Waals surface area contributed by atoms with Gasteiger partial charge >= 0.3 is 122 Å². The Hall–Kier alpha value is -0.571. The molecule has 0 fully saturated rings. The van der Waals surface area contributed by atoms with Gasteiger partial charge in [-0.05, 0) is 0 Å². The van der Waals surface area contributed by atoms with E-state index in [1.807, 2.05) is 0 Å². The first-order chi connectivity index (χ1) is 8.36. The van der Waals surface area contributed by atoms with Crippen LogP contribution in [0.25, 0.3) is 8.05 Å². The summed E-state index contributed by atoms with van der Waals surface area (Å²) in [7, 11) is 0. The first kappa shape index (κ1) is 11.5. The van der Waals surface area contributed by atoms with E-state index in [4.69, 9.17) is 0 Å². The van der Waals surface area contributed by atoms with Crippen LogP contribution in [-0.4, -0.2) is 15.0 Å². The Morgan fingerprint density at radius 1 is 0.882 bits per heavy atom. The van der Waals surface area contributed by atoms with Gasteiger partial charge in [0, 0.05) is 0 Å². The molecule has 2 aromatic carbocycles. The summed E-state index contributed by atoms with van der Waals surface area (Å²) < 4.78 is 2.99. The van der Waals surface area contributed by atoms with Gasteiger partial charge in [-0.1, -0.05) is 0 Å². The van der Waals surface area contributed by atoms with E-state index in [1.54, 1.807) is 4.47 Å². The van der Waals surface area contributed by atoms with Crippen molar-refractivity contribution < 1.29 is 0 Å².